The van der Waals surface area contributed by atoms with E-state index in [9.17, 15) is 0 Å². The third kappa shape index (κ3) is 6.29. The third-order valence-corrected chi connectivity index (χ3v) is 12.3. The Kier molecular flexibility index (Phi) is 8.83. The second-order valence-electron chi connectivity index (χ2n) is 16.0. The van der Waals surface area contributed by atoms with E-state index in [-0.39, 0.29) is 0 Å². The van der Waals surface area contributed by atoms with Gasteiger partial charge < -0.3 is 13.7 Å². The number of furan rings is 2. The molecular formula is C60H39NO2. The number of benzene rings is 10. The van der Waals surface area contributed by atoms with Gasteiger partial charge in [0.2, 0.25) is 0 Å². The van der Waals surface area contributed by atoms with Crippen molar-refractivity contribution in [3.8, 4) is 55.6 Å². The maximum absolute atomic E-state index is 6.82. The van der Waals surface area contributed by atoms with Gasteiger partial charge in [-0.05, 0) is 87.0 Å². The Morgan fingerprint density at radius 2 is 0.762 bits per heavy atom. The Morgan fingerprint density at radius 3 is 1.51 bits per heavy atom. The van der Waals surface area contributed by atoms with Crippen molar-refractivity contribution in [2.24, 2.45) is 0 Å². The van der Waals surface area contributed by atoms with E-state index in [1.165, 1.54) is 27.8 Å². The molecule has 0 amide bonds. The van der Waals surface area contributed by atoms with Gasteiger partial charge in [0, 0.05) is 38.4 Å². The molecule has 63 heavy (non-hydrogen) atoms. The van der Waals surface area contributed by atoms with Crippen LogP contribution in [0, 0.1) is 0 Å². The van der Waals surface area contributed by atoms with Gasteiger partial charge in [0.25, 0.3) is 0 Å². The topological polar surface area (TPSA) is 29.5 Å². The summed E-state index contributed by atoms with van der Waals surface area (Å²) in [6, 6.07) is 84.1. The van der Waals surface area contributed by atoms with Crippen molar-refractivity contribution in [1.82, 2.24) is 0 Å². The standard InChI is InChI=1S/C60H39NO2/c1-3-18-40(19-4-1)42-36-37-45(41-20-5-2-6-21-41)54(39-42)48-25-8-7-24-47(48)49-26-9-12-32-55(49)61(56-33-17-31-53-51-28-11-14-35-58(51)63-60(53)56)44-23-15-22-43(38-44)46-29-16-30-52-50-27-10-13-34-57(50)62-59(46)52/h1-39H. The molecule has 2 heterocycles. The molecule has 0 saturated carbocycles. The van der Waals surface area contributed by atoms with E-state index in [2.05, 4.69) is 223 Å². The maximum Gasteiger partial charge on any atom is 0.159 e. The summed E-state index contributed by atoms with van der Waals surface area (Å²) in [4.78, 5) is 2.37. The first-order valence-electron chi connectivity index (χ1n) is 21.4. The fourth-order valence-corrected chi connectivity index (χ4v) is 9.40. The van der Waals surface area contributed by atoms with Crippen molar-refractivity contribution in [3.63, 3.8) is 0 Å². The summed E-state index contributed by atoms with van der Waals surface area (Å²) >= 11 is 0. The molecule has 0 aliphatic heterocycles. The Balaban J connectivity index is 1.10. The molecule has 3 nitrogen and oxygen atoms in total. The number of rotatable bonds is 8. The van der Waals surface area contributed by atoms with Crippen LogP contribution in [0.15, 0.2) is 245 Å². The van der Waals surface area contributed by atoms with Crippen LogP contribution in [0.4, 0.5) is 17.1 Å². The van der Waals surface area contributed by atoms with Crippen molar-refractivity contribution in [2.45, 2.75) is 0 Å². The molecule has 3 heteroatoms. The van der Waals surface area contributed by atoms with Gasteiger partial charge in [-0.25, -0.2) is 0 Å². The first-order chi connectivity index (χ1) is 31.3. The van der Waals surface area contributed by atoms with Gasteiger partial charge in [0.15, 0.2) is 5.58 Å². The molecule has 12 rings (SSSR count). The quantitative estimate of drug-likeness (QED) is 0.153. The molecule has 2 aromatic heterocycles. The van der Waals surface area contributed by atoms with Crippen LogP contribution >= 0.6 is 0 Å². The maximum atomic E-state index is 6.82. The Labute approximate surface area is 365 Å². The second kappa shape index (κ2) is 15.3. The summed E-state index contributed by atoms with van der Waals surface area (Å²) < 4.78 is 13.4. The van der Waals surface area contributed by atoms with Crippen LogP contribution in [0.3, 0.4) is 0 Å². The van der Waals surface area contributed by atoms with Crippen LogP contribution in [0.25, 0.3) is 99.5 Å². The molecule has 0 aliphatic carbocycles. The molecule has 0 radical (unpaired) electrons. The van der Waals surface area contributed by atoms with Gasteiger partial charge in [0.1, 0.15) is 16.7 Å². The van der Waals surface area contributed by atoms with Crippen LogP contribution in [0.5, 0.6) is 0 Å². The van der Waals surface area contributed by atoms with Crippen LogP contribution in [0.2, 0.25) is 0 Å². The van der Waals surface area contributed by atoms with Crippen molar-refractivity contribution in [1.29, 1.82) is 0 Å². The van der Waals surface area contributed by atoms with E-state index in [1.54, 1.807) is 0 Å². The number of para-hydroxylation sites is 5. The predicted molar refractivity (Wildman–Crippen MR) is 263 cm³/mol. The number of hydrogen-bond acceptors (Lipinski definition) is 3. The molecule has 296 valence electrons. The Hall–Kier alpha value is -8.40. The summed E-state index contributed by atoms with van der Waals surface area (Å²) in [6.45, 7) is 0. The molecule has 12 aromatic rings. The highest BCUT2D eigenvalue weighted by Gasteiger charge is 2.24. The fourth-order valence-electron chi connectivity index (χ4n) is 9.40. The summed E-state index contributed by atoms with van der Waals surface area (Å²) in [5, 5.41) is 4.37. The summed E-state index contributed by atoms with van der Waals surface area (Å²) in [5.41, 5.74) is 17.7. The molecule has 0 spiro atoms. The smallest absolute Gasteiger partial charge is 0.159 e. The van der Waals surface area contributed by atoms with Crippen molar-refractivity contribution in [2.75, 3.05) is 4.90 Å². The van der Waals surface area contributed by atoms with Gasteiger partial charge in [0.05, 0.1) is 11.4 Å². The lowest BCUT2D eigenvalue weighted by Gasteiger charge is -2.29. The number of hydrogen-bond donors (Lipinski definition) is 0. The summed E-state index contributed by atoms with van der Waals surface area (Å²) in [6.07, 6.45) is 0. The SMILES string of the molecule is c1ccc(-c2ccc(-c3ccccc3)c(-c3ccccc3-c3ccccc3N(c3cccc(-c4cccc5c4oc4ccccc45)c3)c3cccc4c3oc3ccccc34)c2)cc1. The zero-order valence-electron chi connectivity index (χ0n) is 34.3. The highest BCUT2D eigenvalue weighted by molar-refractivity contribution is 6.12. The van der Waals surface area contributed by atoms with Crippen molar-refractivity contribution >= 4 is 60.9 Å². The summed E-state index contributed by atoms with van der Waals surface area (Å²) in [7, 11) is 0. The lowest BCUT2D eigenvalue weighted by atomic mass is 9.87. The van der Waals surface area contributed by atoms with E-state index in [1.807, 2.05) is 18.2 Å². The average Bonchev–Trinajstić information content (AvgIpc) is 3.94. The first kappa shape index (κ1) is 36.5. The van der Waals surface area contributed by atoms with Gasteiger partial charge in [-0.15, -0.1) is 0 Å². The minimum Gasteiger partial charge on any atom is -0.455 e. The molecule has 10 aromatic carbocycles. The van der Waals surface area contributed by atoms with E-state index in [0.717, 1.165) is 88.8 Å². The predicted octanol–water partition coefficient (Wildman–Crippen LogP) is 17.3. The molecule has 0 atom stereocenters. The first-order valence-corrected chi connectivity index (χ1v) is 21.4. The van der Waals surface area contributed by atoms with Crippen LogP contribution in [0.1, 0.15) is 0 Å². The number of nitrogens with zero attached hydrogens (tertiary/aromatic N) is 1. The largest absolute Gasteiger partial charge is 0.455 e. The lowest BCUT2D eigenvalue weighted by molar-refractivity contribution is 0.669. The van der Waals surface area contributed by atoms with Crippen molar-refractivity contribution < 1.29 is 8.83 Å². The molecular weight excluding hydrogens is 767 g/mol. The number of anilines is 3. The van der Waals surface area contributed by atoms with Crippen LogP contribution in [-0.2, 0) is 0 Å². The van der Waals surface area contributed by atoms with Gasteiger partial charge >= 0.3 is 0 Å². The van der Waals surface area contributed by atoms with E-state index in [4.69, 9.17) is 8.83 Å². The third-order valence-electron chi connectivity index (χ3n) is 12.3. The van der Waals surface area contributed by atoms with Gasteiger partial charge in [-0.3, -0.25) is 0 Å². The zero-order valence-corrected chi connectivity index (χ0v) is 34.3. The molecule has 0 fully saturated rings. The van der Waals surface area contributed by atoms with Crippen LogP contribution < -0.4 is 4.90 Å². The number of fused-ring (bicyclic) bond motifs is 6. The van der Waals surface area contributed by atoms with Gasteiger partial charge in [-0.2, -0.15) is 0 Å². The fraction of sp³-hybridized carbons (Fsp3) is 0. The normalized spacial score (nSPS) is 11.5. The highest BCUT2D eigenvalue weighted by atomic mass is 16.3. The summed E-state index contributed by atoms with van der Waals surface area (Å²) in [5.74, 6) is 0. The molecule has 0 aliphatic rings. The lowest BCUT2D eigenvalue weighted by Crippen LogP contribution is -2.12. The Bertz CT molecular complexity index is 3640. The Morgan fingerprint density at radius 1 is 0.254 bits per heavy atom. The van der Waals surface area contributed by atoms with Gasteiger partial charge in [-0.1, -0.05) is 194 Å². The molecule has 0 unspecified atom stereocenters. The molecule has 0 saturated heterocycles. The van der Waals surface area contributed by atoms with Crippen molar-refractivity contribution in [3.05, 3.63) is 237 Å². The second-order valence-corrected chi connectivity index (χ2v) is 16.0. The molecule has 0 N–H and O–H groups in total. The van der Waals surface area contributed by atoms with Crippen LogP contribution in [-0.4, -0.2) is 0 Å². The van der Waals surface area contributed by atoms with E-state index < -0.39 is 0 Å². The van der Waals surface area contributed by atoms with E-state index >= 15 is 0 Å². The zero-order chi connectivity index (χ0) is 41.7. The minimum absolute atomic E-state index is 0.827. The molecule has 0 bridgehead atoms. The average molecular weight is 806 g/mol. The van der Waals surface area contributed by atoms with E-state index in [0.29, 0.717) is 0 Å². The minimum atomic E-state index is 0.827. The highest BCUT2D eigenvalue weighted by Crippen LogP contribution is 2.49. The monoisotopic (exact) mass is 805 g/mol.